The zero-order chi connectivity index (χ0) is 11.1. The van der Waals surface area contributed by atoms with Crippen molar-refractivity contribution in [2.75, 3.05) is 11.5 Å². The first-order chi connectivity index (χ1) is 6.98. The van der Waals surface area contributed by atoms with Gasteiger partial charge in [-0.2, -0.15) is 0 Å². The van der Waals surface area contributed by atoms with Crippen LogP contribution >= 0.6 is 0 Å². The molecule has 5 nitrogen and oxygen atoms in total. The summed E-state index contributed by atoms with van der Waals surface area (Å²) in [6, 6.07) is 0. The van der Waals surface area contributed by atoms with E-state index in [0.29, 0.717) is 6.42 Å². The first-order valence-electron chi connectivity index (χ1n) is 5.02. The van der Waals surface area contributed by atoms with Crippen LogP contribution in [0.2, 0.25) is 0 Å². The molecular formula is C9H13NO4S. The average molecular weight is 231 g/mol. The van der Waals surface area contributed by atoms with Gasteiger partial charge in [0.05, 0.1) is 17.4 Å². The summed E-state index contributed by atoms with van der Waals surface area (Å²) in [4.78, 5) is 22.4. The SMILES string of the molecule is O=C1CC(C2CCCS(=O)(=O)C2)C(=O)N1. The molecule has 0 aromatic rings. The van der Waals surface area contributed by atoms with Gasteiger partial charge in [-0.3, -0.25) is 14.9 Å². The Morgan fingerprint density at radius 1 is 1.27 bits per heavy atom. The standard InChI is InChI=1S/C9H13NO4S/c11-8-4-7(9(12)10-8)6-2-1-3-15(13,14)5-6/h6-7H,1-5H2,(H,10,11,12). The zero-order valence-electron chi connectivity index (χ0n) is 8.23. The highest BCUT2D eigenvalue weighted by atomic mass is 32.2. The molecule has 2 atom stereocenters. The van der Waals surface area contributed by atoms with Crippen LogP contribution in [0.3, 0.4) is 0 Å². The molecule has 2 heterocycles. The molecule has 15 heavy (non-hydrogen) atoms. The molecule has 0 saturated carbocycles. The van der Waals surface area contributed by atoms with Crippen LogP contribution < -0.4 is 5.32 Å². The molecule has 6 heteroatoms. The number of amides is 2. The summed E-state index contributed by atoms with van der Waals surface area (Å²) < 4.78 is 22.8. The molecule has 2 unspecified atom stereocenters. The van der Waals surface area contributed by atoms with E-state index < -0.39 is 15.8 Å². The van der Waals surface area contributed by atoms with Gasteiger partial charge in [-0.1, -0.05) is 0 Å². The van der Waals surface area contributed by atoms with Gasteiger partial charge in [0.15, 0.2) is 9.84 Å². The fourth-order valence-corrected chi connectivity index (χ4v) is 4.15. The van der Waals surface area contributed by atoms with Crippen LogP contribution in [0.4, 0.5) is 0 Å². The van der Waals surface area contributed by atoms with Gasteiger partial charge < -0.3 is 0 Å². The topological polar surface area (TPSA) is 80.3 Å². The maximum atomic E-state index is 11.4. The van der Waals surface area contributed by atoms with E-state index in [4.69, 9.17) is 0 Å². The van der Waals surface area contributed by atoms with Crippen LogP contribution in [0.1, 0.15) is 19.3 Å². The summed E-state index contributed by atoms with van der Waals surface area (Å²) >= 11 is 0. The van der Waals surface area contributed by atoms with Crippen LogP contribution in [0.15, 0.2) is 0 Å². The van der Waals surface area contributed by atoms with E-state index in [1.165, 1.54) is 0 Å². The summed E-state index contributed by atoms with van der Waals surface area (Å²) in [5.74, 6) is -0.915. The van der Waals surface area contributed by atoms with Gasteiger partial charge >= 0.3 is 0 Å². The quantitative estimate of drug-likeness (QED) is 0.615. The Labute approximate surface area is 88.1 Å². The molecule has 0 aliphatic carbocycles. The minimum atomic E-state index is -3.00. The highest BCUT2D eigenvalue weighted by Crippen LogP contribution is 2.30. The van der Waals surface area contributed by atoms with Crippen molar-refractivity contribution in [2.24, 2.45) is 11.8 Å². The van der Waals surface area contributed by atoms with Crippen molar-refractivity contribution < 1.29 is 18.0 Å². The van der Waals surface area contributed by atoms with Gasteiger partial charge in [-0.15, -0.1) is 0 Å². The molecular weight excluding hydrogens is 218 g/mol. The van der Waals surface area contributed by atoms with Crippen molar-refractivity contribution in [1.29, 1.82) is 0 Å². The monoisotopic (exact) mass is 231 g/mol. The molecule has 1 N–H and O–H groups in total. The van der Waals surface area contributed by atoms with Gasteiger partial charge in [-0.05, 0) is 18.8 Å². The van der Waals surface area contributed by atoms with E-state index in [1.54, 1.807) is 0 Å². The van der Waals surface area contributed by atoms with Crippen molar-refractivity contribution in [3.8, 4) is 0 Å². The average Bonchev–Trinajstić information content (AvgIpc) is 2.43. The van der Waals surface area contributed by atoms with Gasteiger partial charge in [0.2, 0.25) is 11.8 Å². The lowest BCUT2D eigenvalue weighted by Crippen LogP contribution is -2.34. The fourth-order valence-electron chi connectivity index (χ4n) is 2.33. The van der Waals surface area contributed by atoms with Crippen molar-refractivity contribution in [3.63, 3.8) is 0 Å². The van der Waals surface area contributed by atoms with E-state index in [2.05, 4.69) is 5.32 Å². The van der Waals surface area contributed by atoms with Crippen LogP contribution in [0.25, 0.3) is 0 Å². The number of nitrogens with one attached hydrogen (secondary N) is 1. The number of sulfone groups is 1. The molecule has 2 aliphatic heterocycles. The maximum Gasteiger partial charge on any atom is 0.230 e. The molecule has 2 saturated heterocycles. The van der Waals surface area contributed by atoms with Crippen LogP contribution in [-0.4, -0.2) is 31.7 Å². The lowest BCUT2D eigenvalue weighted by atomic mass is 9.88. The largest absolute Gasteiger partial charge is 0.296 e. The second-order valence-electron chi connectivity index (χ2n) is 4.24. The first-order valence-corrected chi connectivity index (χ1v) is 6.84. The number of hydrogen-bond donors (Lipinski definition) is 1. The molecule has 0 spiro atoms. The van der Waals surface area contributed by atoms with Crippen molar-refractivity contribution in [2.45, 2.75) is 19.3 Å². The predicted molar refractivity (Wildman–Crippen MR) is 52.6 cm³/mol. The van der Waals surface area contributed by atoms with Crippen molar-refractivity contribution >= 4 is 21.7 Å². The Bertz CT molecular complexity index is 400. The molecule has 2 aliphatic rings. The van der Waals surface area contributed by atoms with E-state index in [0.717, 1.165) is 6.42 Å². The summed E-state index contributed by atoms with van der Waals surface area (Å²) in [6.45, 7) is 0. The fraction of sp³-hybridized carbons (Fsp3) is 0.778. The minimum absolute atomic E-state index is 0.0539. The third-order valence-electron chi connectivity index (χ3n) is 3.07. The van der Waals surface area contributed by atoms with Gasteiger partial charge in [-0.25, -0.2) is 8.42 Å². The van der Waals surface area contributed by atoms with Crippen LogP contribution in [-0.2, 0) is 19.4 Å². The van der Waals surface area contributed by atoms with E-state index in [-0.39, 0.29) is 35.7 Å². The predicted octanol–water partition coefficient (Wildman–Crippen LogP) is -0.526. The van der Waals surface area contributed by atoms with E-state index in [9.17, 15) is 18.0 Å². The van der Waals surface area contributed by atoms with E-state index >= 15 is 0 Å². The third-order valence-corrected chi connectivity index (χ3v) is 4.92. The molecule has 0 bridgehead atoms. The van der Waals surface area contributed by atoms with E-state index in [1.807, 2.05) is 0 Å². The second-order valence-corrected chi connectivity index (χ2v) is 6.47. The highest BCUT2D eigenvalue weighted by Gasteiger charge is 2.40. The summed E-state index contributed by atoms with van der Waals surface area (Å²) in [7, 11) is -3.00. The number of rotatable bonds is 1. The molecule has 0 radical (unpaired) electrons. The summed E-state index contributed by atoms with van der Waals surface area (Å²) in [5.41, 5.74) is 0. The minimum Gasteiger partial charge on any atom is -0.296 e. The Hall–Kier alpha value is -0.910. The summed E-state index contributed by atoms with van der Waals surface area (Å²) in [5, 5.41) is 2.22. The molecule has 0 aromatic heterocycles. The van der Waals surface area contributed by atoms with Crippen molar-refractivity contribution in [3.05, 3.63) is 0 Å². The lowest BCUT2D eigenvalue weighted by molar-refractivity contribution is -0.126. The number of carbonyl (C=O) groups excluding carboxylic acids is 2. The molecule has 84 valence electrons. The van der Waals surface area contributed by atoms with Gasteiger partial charge in [0, 0.05) is 6.42 Å². The van der Waals surface area contributed by atoms with Crippen LogP contribution in [0.5, 0.6) is 0 Å². The Balaban J connectivity index is 2.11. The maximum absolute atomic E-state index is 11.4. The lowest BCUT2D eigenvalue weighted by Gasteiger charge is -2.24. The van der Waals surface area contributed by atoms with Gasteiger partial charge in [0.25, 0.3) is 0 Å². The Morgan fingerprint density at radius 3 is 2.53 bits per heavy atom. The molecule has 2 fully saturated rings. The molecule has 2 amide bonds. The van der Waals surface area contributed by atoms with Crippen LogP contribution in [0, 0.1) is 11.8 Å². The van der Waals surface area contributed by atoms with Crippen molar-refractivity contribution in [1.82, 2.24) is 5.32 Å². The summed E-state index contributed by atoms with van der Waals surface area (Å²) in [6.07, 6.45) is 1.48. The van der Waals surface area contributed by atoms with Gasteiger partial charge in [0.1, 0.15) is 0 Å². The number of carbonyl (C=O) groups is 2. The Morgan fingerprint density at radius 2 is 2.00 bits per heavy atom. The highest BCUT2D eigenvalue weighted by molar-refractivity contribution is 7.91. The number of imide groups is 1. The zero-order valence-corrected chi connectivity index (χ0v) is 9.05. The smallest absolute Gasteiger partial charge is 0.230 e. The molecule has 0 aromatic carbocycles. The first kappa shape index (κ1) is 10.6. The normalized spacial score (nSPS) is 35.2. The molecule has 2 rings (SSSR count). The Kier molecular flexibility index (Phi) is 2.54. The third kappa shape index (κ3) is 2.19. The number of hydrogen-bond acceptors (Lipinski definition) is 4. The second kappa shape index (κ2) is 3.59.